The molecule has 1 nitrogen and oxygen atoms in total. The minimum atomic E-state index is -0.517. The topological polar surface area (TPSA) is 9.23 Å². The Morgan fingerprint density at radius 2 is 0.867 bits per heavy atom. The summed E-state index contributed by atoms with van der Waals surface area (Å²) in [6.45, 7) is 6.51. The number of ether oxygens (including phenoxy) is 1. The summed E-state index contributed by atoms with van der Waals surface area (Å²) in [7, 11) is 0. The molecular formula is C28H44OSn. The Morgan fingerprint density at radius 1 is 0.500 bits per heavy atom. The molecule has 2 aromatic rings. The maximum atomic E-state index is 5.65. The van der Waals surface area contributed by atoms with E-state index in [9.17, 15) is 0 Å². The van der Waals surface area contributed by atoms with Gasteiger partial charge in [-0.05, 0) is 12.8 Å². The third kappa shape index (κ3) is 16.9. The van der Waals surface area contributed by atoms with Crippen molar-refractivity contribution in [1.29, 1.82) is 0 Å². The molecule has 166 valence electrons. The normalized spacial score (nSPS) is 10.5. The number of benzene rings is 2. The third-order valence-electron chi connectivity index (χ3n) is 5.12. The zero-order valence-electron chi connectivity index (χ0n) is 19.6. The van der Waals surface area contributed by atoms with Crippen molar-refractivity contribution in [2.45, 2.75) is 90.9 Å². The fourth-order valence-corrected chi connectivity index (χ4v) is 6.28. The Hall–Kier alpha value is -0.801. The SMILES string of the molecule is CCCCCCCCOCCCCCCCC.c1cc[c]([Sn][c]2ccccc2)cc1. The van der Waals surface area contributed by atoms with E-state index >= 15 is 0 Å². The third-order valence-corrected chi connectivity index (χ3v) is 8.67. The van der Waals surface area contributed by atoms with Gasteiger partial charge in [0.15, 0.2) is 0 Å². The van der Waals surface area contributed by atoms with E-state index in [2.05, 4.69) is 74.5 Å². The van der Waals surface area contributed by atoms with E-state index in [1.807, 2.05) is 0 Å². The van der Waals surface area contributed by atoms with Gasteiger partial charge in [-0.3, -0.25) is 0 Å². The van der Waals surface area contributed by atoms with Crippen molar-refractivity contribution in [3.8, 4) is 0 Å². The van der Waals surface area contributed by atoms with Crippen LogP contribution in [0.15, 0.2) is 60.7 Å². The molecular weight excluding hydrogens is 471 g/mol. The van der Waals surface area contributed by atoms with E-state index in [0.717, 1.165) is 13.2 Å². The van der Waals surface area contributed by atoms with E-state index in [0.29, 0.717) is 0 Å². The van der Waals surface area contributed by atoms with Gasteiger partial charge in [0.1, 0.15) is 0 Å². The number of unbranched alkanes of at least 4 members (excludes halogenated alkanes) is 10. The number of hydrogen-bond acceptors (Lipinski definition) is 1. The molecule has 0 atom stereocenters. The first-order valence-electron chi connectivity index (χ1n) is 12.3. The summed E-state index contributed by atoms with van der Waals surface area (Å²) in [5.41, 5.74) is 0. The zero-order chi connectivity index (χ0) is 21.5. The molecule has 2 aromatic carbocycles. The molecule has 0 unspecified atom stereocenters. The van der Waals surface area contributed by atoms with Gasteiger partial charge in [0.05, 0.1) is 0 Å². The summed E-state index contributed by atoms with van der Waals surface area (Å²) < 4.78 is 8.73. The van der Waals surface area contributed by atoms with Crippen molar-refractivity contribution in [2.75, 3.05) is 13.2 Å². The Bertz CT molecular complexity index is 518. The first-order chi connectivity index (χ1) is 14.9. The molecule has 2 radical (unpaired) electrons. The van der Waals surface area contributed by atoms with Gasteiger partial charge in [-0.2, -0.15) is 0 Å². The molecule has 2 heteroatoms. The Balaban J connectivity index is 0.000000308. The molecule has 0 aliphatic carbocycles. The summed E-state index contributed by atoms with van der Waals surface area (Å²) in [5.74, 6) is 0. The molecule has 0 spiro atoms. The van der Waals surface area contributed by atoms with Crippen LogP contribution in [0.4, 0.5) is 0 Å². The van der Waals surface area contributed by atoms with Gasteiger partial charge in [-0.15, -0.1) is 0 Å². The predicted molar refractivity (Wildman–Crippen MR) is 135 cm³/mol. The second-order valence-electron chi connectivity index (χ2n) is 8.00. The maximum absolute atomic E-state index is 5.65. The number of rotatable bonds is 16. The first-order valence-corrected chi connectivity index (χ1v) is 15.2. The molecule has 2 rings (SSSR count). The molecule has 0 aliphatic heterocycles. The summed E-state index contributed by atoms with van der Waals surface area (Å²) in [6.07, 6.45) is 16.3. The molecule has 0 saturated heterocycles. The predicted octanol–water partition coefficient (Wildman–Crippen LogP) is 7.07. The molecule has 0 saturated carbocycles. The van der Waals surface area contributed by atoms with Crippen LogP contribution in [0.3, 0.4) is 0 Å². The van der Waals surface area contributed by atoms with Gasteiger partial charge in [0.2, 0.25) is 0 Å². The standard InChI is InChI=1S/C16H34O.2C6H5.Sn/c1-3-5-7-9-11-13-15-17-16-14-12-10-8-6-4-2;2*1-2-4-6-5-3-1;/h3-16H2,1-2H3;2*1-5H;. The van der Waals surface area contributed by atoms with Gasteiger partial charge in [-0.25, -0.2) is 0 Å². The van der Waals surface area contributed by atoms with Gasteiger partial charge in [0, 0.05) is 13.2 Å². The van der Waals surface area contributed by atoms with Crippen molar-refractivity contribution in [2.24, 2.45) is 0 Å². The van der Waals surface area contributed by atoms with Gasteiger partial charge < -0.3 is 4.74 Å². The van der Waals surface area contributed by atoms with Gasteiger partial charge in [0.25, 0.3) is 0 Å². The second-order valence-corrected chi connectivity index (χ2v) is 12.0. The summed E-state index contributed by atoms with van der Waals surface area (Å²) >= 11 is -0.517. The Morgan fingerprint density at radius 3 is 1.27 bits per heavy atom. The van der Waals surface area contributed by atoms with Crippen LogP contribution in [0.5, 0.6) is 0 Å². The van der Waals surface area contributed by atoms with Gasteiger partial charge >= 0.3 is 89.0 Å². The van der Waals surface area contributed by atoms with Crippen molar-refractivity contribution >= 4 is 28.3 Å². The fourth-order valence-electron chi connectivity index (χ4n) is 3.28. The number of hydrogen-bond donors (Lipinski definition) is 0. The van der Waals surface area contributed by atoms with Crippen LogP contribution in [0, 0.1) is 0 Å². The fraction of sp³-hybridized carbons (Fsp3) is 0.571. The minimum absolute atomic E-state index is 0.517. The molecule has 0 bridgehead atoms. The molecule has 0 N–H and O–H groups in total. The second kappa shape index (κ2) is 21.4. The van der Waals surface area contributed by atoms with Crippen LogP contribution in [-0.2, 0) is 4.74 Å². The zero-order valence-corrected chi connectivity index (χ0v) is 22.4. The summed E-state index contributed by atoms with van der Waals surface area (Å²) in [5, 5.41) is 0. The molecule has 0 fully saturated rings. The van der Waals surface area contributed by atoms with Crippen LogP contribution >= 0.6 is 0 Å². The van der Waals surface area contributed by atoms with Crippen LogP contribution in [0.1, 0.15) is 90.9 Å². The summed E-state index contributed by atoms with van der Waals surface area (Å²) in [6, 6.07) is 21.6. The average molecular weight is 515 g/mol. The van der Waals surface area contributed by atoms with Crippen molar-refractivity contribution in [3.63, 3.8) is 0 Å². The van der Waals surface area contributed by atoms with Crippen LogP contribution in [0.2, 0.25) is 0 Å². The van der Waals surface area contributed by atoms with Crippen molar-refractivity contribution < 1.29 is 4.74 Å². The van der Waals surface area contributed by atoms with E-state index in [4.69, 9.17) is 4.74 Å². The average Bonchev–Trinajstić information content (AvgIpc) is 2.79. The molecule has 30 heavy (non-hydrogen) atoms. The monoisotopic (exact) mass is 516 g/mol. The first kappa shape index (κ1) is 27.2. The summed E-state index contributed by atoms with van der Waals surface area (Å²) in [4.78, 5) is 0. The molecule has 0 aromatic heterocycles. The van der Waals surface area contributed by atoms with Gasteiger partial charge in [-0.1, -0.05) is 78.1 Å². The van der Waals surface area contributed by atoms with Crippen LogP contribution in [-0.4, -0.2) is 34.4 Å². The molecule has 0 aliphatic rings. The van der Waals surface area contributed by atoms with E-state index < -0.39 is 21.1 Å². The van der Waals surface area contributed by atoms with Crippen LogP contribution in [0.25, 0.3) is 0 Å². The van der Waals surface area contributed by atoms with E-state index in [1.165, 1.54) is 84.2 Å². The Kier molecular flexibility index (Phi) is 19.5. The quantitative estimate of drug-likeness (QED) is 0.172. The van der Waals surface area contributed by atoms with Crippen molar-refractivity contribution in [3.05, 3.63) is 60.7 Å². The van der Waals surface area contributed by atoms with E-state index in [-0.39, 0.29) is 0 Å². The van der Waals surface area contributed by atoms with E-state index in [1.54, 1.807) is 0 Å². The Labute approximate surface area is 197 Å². The van der Waals surface area contributed by atoms with Crippen LogP contribution < -0.4 is 7.16 Å². The molecule has 0 amide bonds. The van der Waals surface area contributed by atoms with Crippen molar-refractivity contribution in [1.82, 2.24) is 0 Å². The molecule has 0 heterocycles.